The lowest BCUT2D eigenvalue weighted by Crippen LogP contribution is -2.69. The van der Waals surface area contributed by atoms with Gasteiger partial charge in [-0.15, -0.1) is 0 Å². The first-order valence-electron chi connectivity index (χ1n) is 8.06. The third-order valence-electron chi connectivity index (χ3n) is 3.91. The molecule has 8 heteroatoms. The number of carbonyl (C=O) groups is 2. The number of ether oxygens (including phenoxy) is 2. The molecule has 0 saturated carbocycles. The van der Waals surface area contributed by atoms with Crippen molar-refractivity contribution >= 4 is 11.8 Å². The number of aliphatic hydroxyl groups excluding tert-OH is 2. The molecule has 2 amide bonds. The SMILES string of the molecule is CC(=O)N[C@@H]1[C@@H](O)[C@@H](CO)O[C@@H](OCc2ccccc2)[C@@H]1NC(C)=O. The number of carbonyl (C=O) groups excluding carboxylic acids is 2. The molecule has 0 aromatic heterocycles. The van der Waals surface area contributed by atoms with Crippen molar-refractivity contribution in [2.45, 2.75) is 51.0 Å². The molecule has 0 unspecified atom stereocenters. The van der Waals surface area contributed by atoms with E-state index in [9.17, 15) is 19.8 Å². The van der Waals surface area contributed by atoms with Crippen molar-refractivity contribution in [3.8, 4) is 0 Å². The lowest BCUT2D eigenvalue weighted by molar-refractivity contribution is -0.253. The molecule has 0 aliphatic carbocycles. The predicted octanol–water partition coefficient (Wildman–Crippen LogP) is -0.709. The summed E-state index contributed by atoms with van der Waals surface area (Å²) in [7, 11) is 0. The van der Waals surface area contributed by atoms with Crippen LogP contribution in [0.25, 0.3) is 0 Å². The van der Waals surface area contributed by atoms with Crippen LogP contribution in [0.3, 0.4) is 0 Å². The standard InChI is InChI=1S/C17H24N2O6/c1-10(21)18-14-15(19-11(2)22)17(25-13(8-20)16(14)23)24-9-12-6-4-3-5-7-12/h3-7,13-17,20,23H,8-9H2,1-2H3,(H,18,21)(H,19,22)/t13-,14+,15-,16+,17-/m1/s1. The maximum absolute atomic E-state index is 11.6. The highest BCUT2D eigenvalue weighted by molar-refractivity contribution is 5.75. The quantitative estimate of drug-likeness (QED) is 0.537. The summed E-state index contributed by atoms with van der Waals surface area (Å²) in [6.07, 6.45) is -3.08. The Morgan fingerprint density at radius 2 is 1.72 bits per heavy atom. The summed E-state index contributed by atoms with van der Waals surface area (Å²) in [4.78, 5) is 23.0. The van der Waals surface area contributed by atoms with Crippen molar-refractivity contribution in [1.82, 2.24) is 10.6 Å². The Labute approximate surface area is 146 Å². The van der Waals surface area contributed by atoms with Gasteiger partial charge in [-0.25, -0.2) is 0 Å². The van der Waals surface area contributed by atoms with Crippen LogP contribution < -0.4 is 10.6 Å². The van der Waals surface area contributed by atoms with Crippen molar-refractivity contribution in [2.75, 3.05) is 6.61 Å². The molecule has 1 aliphatic rings. The van der Waals surface area contributed by atoms with Crippen LogP contribution in [0.1, 0.15) is 19.4 Å². The fraction of sp³-hybridized carbons (Fsp3) is 0.529. The Bertz CT molecular complexity index is 582. The van der Waals surface area contributed by atoms with Crippen molar-refractivity contribution in [2.24, 2.45) is 0 Å². The lowest BCUT2D eigenvalue weighted by Gasteiger charge is -2.44. The molecule has 0 spiro atoms. The molecule has 5 atom stereocenters. The van der Waals surface area contributed by atoms with Crippen LogP contribution in [0, 0.1) is 0 Å². The second-order valence-corrected chi connectivity index (χ2v) is 5.97. The molecule has 1 saturated heterocycles. The zero-order chi connectivity index (χ0) is 18.4. The summed E-state index contributed by atoms with van der Waals surface area (Å²) in [5, 5.41) is 25.1. The second-order valence-electron chi connectivity index (χ2n) is 5.97. The van der Waals surface area contributed by atoms with E-state index in [1.165, 1.54) is 13.8 Å². The molecular weight excluding hydrogens is 328 g/mol. The van der Waals surface area contributed by atoms with E-state index in [0.717, 1.165) is 5.56 Å². The number of hydrogen-bond acceptors (Lipinski definition) is 6. The fourth-order valence-corrected chi connectivity index (χ4v) is 2.80. The highest BCUT2D eigenvalue weighted by Crippen LogP contribution is 2.23. The summed E-state index contributed by atoms with van der Waals surface area (Å²) in [6.45, 7) is 2.39. The van der Waals surface area contributed by atoms with Gasteiger partial charge in [0.25, 0.3) is 0 Å². The number of aliphatic hydroxyl groups is 2. The highest BCUT2D eigenvalue weighted by Gasteiger charge is 2.46. The Balaban J connectivity index is 2.19. The lowest BCUT2D eigenvalue weighted by atomic mass is 9.94. The zero-order valence-electron chi connectivity index (χ0n) is 14.2. The van der Waals surface area contributed by atoms with Gasteiger partial charge in [-0.1, -0.05) is 30.3 Å². The smallest absolute Gasteiger partial charge is 0.217 e. The molecule has 8 nitrogen and oxygen atoms in total. The Morgan fingerprint density at radius 3 is 2.28 bits per heavy atom. The number of nitrogens with one attached hydrogen (secondary N) is 2. The fourth-order valence-electron chi connectivity index (χ4n) is 2.80. The Morgan fingerprint density at radius 1 is 1.12 bits per heavy atom. The van der Waals surface area contributed by atoms with E-state index < -0.39 is 37.2 Å². The van der Waals surface area contributed by atoms with Gasteiger partial charge in [-0.05, 0) is 5.56 Å². The molecule has 0 radical (unpaired) electrons. The van der Waals surface area contributed by atoms with Crippen LogP contribution in [0.15, 0.2) is 30.3 Å². The molecule has 25 heavy (non-hydrogen) atoms. The van der Waals surface area contributed by atoms with Crippen LogP contribution in [0.4, 0.5) is 0 Å². The number of hydrogen-bond donors (Lipinski definition) is 4. The summed E-state index contributed by atoms with van der Waals surface area (Å²) in [5.74, 6) is -0.730. The van der Waals surface area contributed by atoms with Gasteiger partial charge in [0.15, 0.2) is 6.29 Å². The maximum atomic E-state index is 11.6. The van der Waals surface area contributed by atoms with Gasteiger partial charge in [0, 0.05) is 13.8 Å². The zero-order valence-corrected chi connectivity index (χ0v) is 14.2. The first-order chi connectivity index (χ1) is 11.9. The van der Waals surface area contributed by atoms with Crippen molar-refractivity contribution < 1.29 is 29.3 Å². The maximum Gasteiger partial charge on any atom is 0.217 e. The number of rotatable bonds is 6. The second kappa shape index (κ2) is 8.91. The van der Waals surface area contributed by atoms with E-state index in [2.05, 4.69) is 10.6 Å². The number of amides is 2. The minimum Gasteiger partial charge on any atom is -0.394 e. The first-order valence-corrected chi connectivity index (χ1v) is 8.06. The van der Waals surface area contributed by atoms with Gasteiger partial charge in [0.05, 0.1) is 19.3 Å². The normalized spacial score (nSPS) is 29.0. The van der Waals surface area contributed by atoms with Gasteiger partial charge < -0.3 is 30.3 Å². The minimum absolute atomic E-state index is 0.211. The Hall–Kier alpha value is -2.00. The molecule has 0 bridgehead atoms. The largest absolute Gasteiger partial charge is 0.394 e. The van der Waals surface area contributed by atoms with Crippen LogP contribution in [0.5, 0.6) is 0 Å². The van der Waals surface area contributed by atoms with E-state index in [0.29, 0.717) is 0 Å². The molecule has 1 heterocycles. The minimum atomic E-state index is -1.19. The average Bonchev–Trinajstić information content (AvgIpc) is 2.57. The van der Waals surface area contributed by atoms with Gasteiger partial charge >= 0.3 is 0 Å². The van der Waals surface area contributed by atoms with Crippen LogP contribution in [0.2, 0.25) is 0 Å². The van der Waals surface area contributed by atoms with E-state index in [-0.39, 0.29) is 18.4 Å². The molecule has 1 aromatic rings. The topological polar surface area (TPSA) is 117 Å². The van der Waals surface area contributed by atoms with E-state index >= 15 is 0 Å². The molecule has 1 aromatic carbocycles. The van der Waals surface area contributed by atoms with Gasteiger partial charge in [0.1, 0.15) is 18.2 Å². The summed E-state index contributed by atoms with van der Waals surface area (Å²) >= 11 is 0. The molecule has 2 rings (SSSR count). The van der Waals surface area contributed by atoms with Gasteiger partial charge in [-0.2, -0.15) is 0 Å². The van der Waals surface area contributed by atoms with E-state index in [4.69, 9.17) is 9.47 Å². The van der Waals surface area contributed by atoms with Crippen LogP contribution in [-0.4, -0.2) is 59.2 Å². The third kappa shape index (κ3) is 5.23. The molecule has 4 N–H and O–H groups in total. The number of benzene rings is 1. The van der Waals surface area contributed by atoms with E-state index in [1.54, 1.807) is 0 Å². The average molecular weight is 352 g/mol. The van der Waals surface area contributed by atoms with Crippen molar-refractivity contribution in [1.29, 1.82) is 0 Å². The van der Waals surface area contributed by atoms with Gasteiger partial charge in [-0.3, -0.25) is 9.59 Å². The summed E-state index contributed by atoms with van der Waals surface area (Å²) in [6, 6.07) is 7.71. The Kier molecular flexibility index (Phi) is 6.89. The van der Waals surface area contributed by atoms with Gasteiger partial charge in [0.2, 0.25) is 11.8 Å². The summed E-state index contributed by atoms with van der Waals surface area (Å²) < 4.78 is 11.4. The van der Waals surface area contributed by atoms with Crippen LogP contribution in [-0.2, 0) is 25.7 Å². The molecule has 1 aliphatic heterocycles. The summed E-state index contributed by atoms with van der Waals surface area (Å²) in [5.41, 5.74) is 0.899. The monoisotopic (exact) mass is 352 g/mol. The third-order valence-corrected chi connectivity index (χ3v) is 3.91. The molecule has 1 fully saturated rings. The van der Waals surface area contributed by atoms with Crippen LogP contribution >= 0.6 is 0 Å². The highest BCUT2D eigenvalue weighted by atomic mass is 16.7. The van der Waals surface area contributed by atoms with Crippen molar-refractivity contribution in [3.63, 3.8) is 0 Å². The first kappa shape index (κ1) is 19.3. The van der Waals surface area contributed by atoms with Crippen molar-refractivity contribution in [3.05, 3.63) is 35.9 Å². The molecular formula is C17H24N2O6. The molecule has 138 valence electrons. The van der Waals surface area contributed by atoms with E-state index in [1.807, 2.05) is 30.3 Å². The predicted molar refractivity (Wildman–Crippen MR) is 88.2 cm³/mol.